The molecule has 1 aromatic carbocycles. The zero-order chi connectivity index (χ0) is 11.8. The van der Waals surface area contributed by atoms with E-state index in [1.54, 1.807) is 0 Å². The number of hydrogen-bond donors (Lipinski definition) is 1. The number of benzene rings is 1. The fourth-order valence-electron chi connectivity index (χ4n) is 1.36. The fraction of sp³-hybridized carbons (Fsp3) is 0.429. The zero-order valence-electron chi connectivity index (χ0n) is 9.99. The maximum absolute atomic E-state index is 5.81. The van der Waals surface area contributed by atoms with Crippen LogP contribution in [0.5, 0.6) is 5.75 Å². The summed E-state index contributed by atoms with van der Waals surface area (Å²) in [4.78, 5) is 0. The summed E-state index contributed by atoms with van der Waals surface area (Å²) in [6.07, 6.45) is 2.02. The molecule has 0 spiro atoms. The van der Waals surface area contributed by atoms with Crippen LogP contribution in [-0.2, 0) is 0 Å². The quantitative estimate of drug-likeness (QED) is 0.787. The minimum absolute atomic E-state index is 0.0171. The Morgan fingerprint density at radius 1 is 1.25 bits per heavy atom. The van der Waals surface area contributed by atoms with E-state index in [1.165, 1.54) is 0 Å². The zero-order valence-corrected chi connectivity index (χ0v) is 9.99. The van der Waals surface area contributed by atoms with Crippen molar-refractivity contribution in [3.05, 3.63) is 29.8 Å². The van der Waals surface area contributed by atoms with E-state index < -0.39 is 0 Å². The van der Waals surface area contributed by atoms with E-state index in [-0.39, 0.29) is 6.04 Å². The molecular formula is C14H19NO. The molecule has 0 amide bonds. The van der Waals surface area contributed by atoms with Gasteiger partial charge in [-0.05, 0) is 37.6 Å². The topological polar surface area (TPSA) is 35.2 Å². The molecule has 16 heavy (non-hydrogen) atoms. The normalized spacial score (nSPS) is 11.4. The molecule has 1 unspecified atom stereocenters. The molecule has 2 N–H and O–H groups in total. The highest BCUT2D eigenvalue weighted by Gasteiger charge is 1.94. The molecule has 0 aliphatic heterocycles. The Kier molecular flexibility index (Phi) is 5.45. The van der Waals surface area contributed by atoms with E-state index in [9.17, 15) is 0 Å². The second kappa shape index (κ2) is 6.92. The SMILES string of the molecule is CCCC(N)C#Cc1ccc(OCC)cc1. The molecule has 0 fully saturated rings. The summed E-state index contributed by atoms with van der Waals surface area (Å²) in [5.41, 5.74) is 6.79. The van der Waals surface area contributed by atoms with Crippen LogP contribution in [0.1, 0.15) is 32.3 Å². The van der Waals surface area contributed by atoms with E-state index in [0.29, 0.717) is 6.61 Å². The first-order valence-electron chi connectivity index (χ1n) is 5.76. The Hall–Kier alpha value is -1.46. The average molecular weight is 217 g/mol. The van der Waals surface area contributed by atoms with Gasteiger partial charge >= 0.3 is 0 Å². The van der Waals surface area contributed by atoms with Crippen molar-refractivity contribution in [2.24, 2.45) is 5.73 Å². The Bertz CT molecular complexity index is 359. The Morgan fingerprint density at radius 2 is 1.94 bits per heavy atom. The first-order valence-corrected chi connectivity index (χ1v) is 5.76. The largest absolute Gasteiger partial charge is 0.494 e. The summed E-state index contributed by atoms with van der Waals surface area (Å²) in [5.74, 6) is 6.99. The molecule has 0 aromatic heterocycles. The minimum atomic E-state index is -0.0171. The second-order valence-corrected chi connectivity index (χ2v) is 3.62. The van der Waals surface area contributed by atoms with E-state index in [0.717, 1.165) is 24.2 Å². The lowest BCUT2D eigenvalue weighted by molar-refractivity contribution is 0.340. The van der Waals surface area contributed by atoms with Crippen LogP contribution in [0.2, 0.25) is 0 Å². The third kappa shape index (κ3) is 4.37. The van der Waals surface area contributed by atoms with E-state index >= 15 is 0 Å². The van der Waals surface area contributed by atoms with Gasteiger partial charge in [0.1, 0.15) is 5.75 Å². The Labute approximate surface area is 97.8 Å². The summed E-state index contributed by atoms with van der Waals surface area (Å²) in [5, 5.41) is 0. The molecule has 1 atom stereocenters. The van der Waals surface area contributed by atoms with Gasteiger partial charge in [0.05, 0.1) is 12.6 Å². The Morgan fingerprint density at radius 3 is 2.50 bits per heavy atom. The Balaban J connectivity index is 2.60. The molecule has 0 radical (unpaired) electrons. The predicted octanol–water partition coefficient (Wildman–Crippen LogP) is 2.56. The molecule has 0 bridgehead atoms. The predicted molar refractivity (Wildman–Crippen MR) is 67.4 cm³/mol. The third-order valence-corrected chi connectivity index (χ3v) is 2.17. The van der Waals surface area contributed by atoms with Gasteiger partial charge in [-0.2, -0.15) is 0 Å². The van der Waals surface area contributed by atoms with Crippen molar-refractivity contribution in [1.29, 1.82) is 0 Å². The standard InChI is InChI=1S/C14H19NO/c1-3-5-13(15)9-6-12-7-10-14(11-8-12)16-4-2/h7-8,10-11,13H,3-5,15H2,1-2H3. The van der Waals surface area contributed by atoms with Crippen LogP contribution in [0.25, 0.3) is 0 Å². The minimum Gasteiger partial charge on any atom is -0.494 e. The van der Waals surface area contributed by atoms with Gasteiger partial charge in [-0.3, -0.25) is 0 Å². The van der Waals surface area contributed by atoms with Gasteiger partial charge in [-0.25, -0.2) is 0 Å². The highest BCUT2D eigenvalue weighted by Crippen LogP contribution is 2.11. The average Bonchev–Trinajstić information content (AvgIpc) is 2.29. The van der Waals surface area contributed by atoms with Gasteiger partial charge in [-0.1, -0.05) is 25.2 Å². The summed E-state index contributed by atoms with van der Waals surface area (Å²) in [6.45, 7) is 4.77. The maximum Gasteiger partial charge on any atom is 0.119 e. The highest BCUT2D eigenvalue weighted by molar-refractivity contribution is 5.38. The highest BCUT2D eigenvalue weighted by atomic mass is 16.5. The van der Waals surface area contributed by atoms with Crippen molar-refractivity contribution in [2.75, 3.05) is 6.61 Å². The maximum atomic E-state index is 5.81. The van der Waals surface area contributed by atoms with Gasteiger partial charge in [0, 0.05) is 5.56 Å². The monoisotopic (exact) mass is 217 g/mol. The summed E-state index contributed by atoms with van der Waals surface area (Å²) in [7, 11) is 0. The lowest BCUT2D eigenvalue weighted by Gasteiger charge is -2.02. The molecule has 1 aromatic rings. The number of rotatable bonds is 4. The molecule has 2 heteroatoms. The van der Waals surface area contributed by atoms with E-state index in [1.807, 2.05) is 31.2 Å². The second-order valence-electron chi connectivity index (χ2n) is 3.62. The van der Waals surface area contributed by atoms with Gasteiger partial charge in [0.15, 0.2) is 0 Å². The van der Waals surface area contributed by atoms with Crippen molar-refractivity contribution in [1.82, 2.24) is 0 Å². The lowest BCUT2D eigenvalue weighted by Crippen LogP contribution is -2.16. The van der Waals surface area contributed by atoms with Gasteiger partial charge in [-0.15, -0.1) is 0 Å². The number of nitrogens with two attached hydrogens (primary N) is 1. The van der Waals surface area contributed by atoms with Crippen LogP contribution in [0.15, 0.2) is 24.3 Å². The molecule has 0 heterocycles. The molecule has 0 aliphatic carbocycles. The van der Waals surface area contributed by atoms with Crippen molar-refractivity contribution in [2.45, 2.75) is 32.7 Å². The van der Waals surface area contributed by atoms with Gasteiger partial charge in [0.2, 0.25) is 0 Å². The van der Waals surface area contributed by atoms with Gasteiger partial charge in [0.25, 0.3) is 0 Å². The number of ether oxygens (including phenoxy) is 1. The van der Waals surface area contributed by atoms with E-state index in [4.69, 9.17) is 10.5 Å². The molecule has 0 aliphatic rings. The molecule has 86 valence electrons. The van der Waals surface area contributed by atoms with Crippen LogP contribution in [0.4, 0.5) is 0 Å². The first-order chi connectivity index (χ1) is 7.76. The van der Waals surface area contributed by atoms with Crippen molar-refractivity contribution in [3.8, 4) is 17.6 Å². The van der Waals surface area contributed by atoms with Crippen LogP contribution < -0.4 is 10.5 Å². The molecule has 0 saturated heterocycles. The smallest absolute Gasteiger partial charge is 0.119 e. The summed E-state index contributed by atoms with van der Waals surface area (Å²) in [6, 6.07) is 7.75. The van der Waals surface area contributed by atoms with Crippen LogP contribution in [-0.4, -0.2) is 12.6 Å². The fourth-order valence-corrected chi connectivity index (χ4v) is 1.36. The van der Waals surface area contributed by atoms with Crippen molar-refractivity contribution >= 4 is 0 Å². The molecular weight excluding hydrogens is 198 g/mol. The molecule has 0 saturated carbocycles. The van der Waals surface area contributed by atoms with Crippen LogP contribution >= 0.6 is 0 Å². The molecule has 2 nitrogen and oxygen atoms in total. The van der Waals surface area contributed by atoms with Gasteiger partial charge < -0.3 is 10.5 Å². The first kappa shape index (κ1) is 12.6. The summed E-state index contributed by atoms with van der Waals surface area (Å²) < 4.78 is 5.35. The third-order valence-electron chi connectivity index (χ3n) is 2.17. The van der Waals surface area contributed by atoms with Crippen molar-refractivity contribution < 1.29 is 4.74 Å². The molecule has 1 rings (SSSR count). The summed E-state index contributed by atoms with van der Waals surface area (Å²) >= 11 is 0. The lowest BCUT2D eigenvalue weighted by atomic mass is 10.1. The van der Waals surface area contributed by atoms with Crippen LogP contribution in [0, 0.1) is 11.8 Å². The van der Waals surface area contributed by atoms with E-state index in [2.05, 4.69) is 18.8 Å². The van der Waals surface area contributed by atoms with Crippen molar-refractivity contribution in [3.63, 3.8) is 0 Å². The number of hydrogen-bond acceptors (Lipinski definition) is 2. The van der Waals surface area contributed by atoms with Crippen LogP contribution in [0.3, 0.4) is 0 Å².